The topological polar surface area (TPSA) is 12.0 Å². The molecule has 0 bridgehead atoms. The highest BCUT2D eigenvalue weighted by molar-refractivity contribution is 7.10. The molecule has 0 saturated heterocycles. The summed E-state index contributed by atoms with van der Waals surface area (Å²) in [5.74, 6) is 0.869. The number of nitrogens with one attached hydrogen (secondary N) is 1. The summed E-state index contributed by atoms with van der Waals surface area (Å²) in [4.78, 5) is 1.55. The normalized spacial score (nSPS) is 26.1. The Labute approximate surface area is 115 Å². The minimum Gasteiger partial charge on any atom is -0.306 e. The highest BCUT2D eigenvalue weighted by Crippen LogP contribution is 2.49. The fraction of sp³-hybridized carbons (Fsp3) is 0.750. The second-order valence-corrected chi connectivity index (χ2v) is 7.56. The summed E-state index contributed by atoms with van der Waals surface area (Å²) in [6.45, 7) is 4.83. The van der Waals surface area contributed by atoms with Crippen LogP contribution in [0.15, 0.2) is 17.5 Å². The maximum absolute atomic E-state index is 3.97. The van der Waals surface area contributed by atoms with Crippen LogP contribution in [0.1, 0.15) is 63.3 Å². The molecule has 2 aliphatic rings. The van der Waals surface area contributed by atoms with Crippen molar-refractivity contribution < 1.29 is 0 Å². The molecule has 0 aliphatic heterocycles. The maximum Gasteiger partial charge on any atom is 0.0445 e. The summed E-state index contributed by atoms with van der Waals surface area (Å²) in [5, 5.41) is 6.20. The summed E-state index contributed by atoms with van der Waals surface area (Å²) < 4.78 is 0. The number of hydrogen-bond acceptors (Lipinski definition) is 2. The Morgan fingerprint density at radius 3 is 2.61 bits per heavy atom. The molecule has 1 aromatic rings. The van der Waals surface area contributed by atoms with E-state index in [-0.39, 0.29) is 0 Å². The zero-order chi connectivity index (χ0) is 12.6. The minimum atomic E-state index is 0.577. The van der Waals surface area contributed by atoms with Crippen molar-refractivity contribution in [3.63, 3.8) is 0 Å². The summed E-state index contributed by atoms with van der Waals surface area (Å²) in [5.41, 5.74) is 0.577. The van der Waals surface area contributed by atoms with Gasteiger partial charge in [0.15, 0.2) is 0 Å². The van der Waals surface area contributed by atoms with Gasteiger partial charge in [0.05, 0.1) is 0 Å². The lowest BCUT2D eigenvalue weighted by Gasteiger charge is -2.30. The van der Waals surface area contributed by atoms with Crippen LogP contribution in [-0.4, -0.2) is 6.04 Å². The lowest BCUT2D eigenvalue weighted by atomic mass is 9.93. The van der Waals surface area contributed by atoms with Crippen LogP contribution in [0.5, 0.6) is 0 Å². The summed E-state index contributed by atoms with van der Waals surface area (Å²) in [6, 6.07) is 5.79. The van der Waals surface area contributed by atoms with Gasteiger partial charge in [-0.3, -0.25) is 0 Å². The van der Waals surface area contributed by atoms with Gasteiger partial charge in [-0.05, 0) is 55.4 Å². The van der Waals surface area contributed by atoms with Gasteiger partial charge in [0.2, 0.25) is 0 Å². The van der Waals surface area contributed by atoms with Crippen molar-refractivity contribution in [1.29, 1.82) is 0 Å². The van der Waals surface area contributed by atoms with E-state index >= 15 is 0 Å². The van der Waals surface area contributed by atoms with Gasteiger partial charge in [0.25, 0.3) is 0 Å². The first-order chi connectivity index (χ1) is 8.69. The molecule has 2 unspecified atom stereocenters. The molecule has 2 atom stereocenters. The van der Waals surface area contributed by atoms with Crippen molar-refractivity contribution in [1.82, 2.24) is 5.32 Å². The molecule has 3 rings (SSSR count). The average Bonchev–Trinajstić information content (AvgIpc) is 2.86. The second-order valence-electron chi connectivity index (χ2n) is 6.58. The van der Waals surface area contributed by atoms with E-state index in [0.717, 1.165) is 5.92 Å². The van der Waals surface area contributed by atoms with Crippen LogP contribution in [0.3, 0.4) is 0 Å². The number of thiophene rings is 1. The van der Waals surface area contributed by atoms with Gasteiger partial charge in [-0.2, -0.15) is 0 Å². The van der Waals surface area contributed by atoms with E-state index in [1.165, 1.54) is 38.5 Å². The van der Waals surface area contributed by atoms with Crippen LogP contribution in [0.25, 0.3) is 0 Å². The molecule has 2 aliphatic carbocycles. The fourth-order valence-electron chi connectivity index (χ4n) is 3.31. The highest BCUT2D eigenvalue weighted by atomic mass is 32.1. The Kier molecular flexibility index (Phi) is 3.50. The zero-order valence-electron chi connectivity index (χ0n) is 11.6. The Morgan fingerprint density at radius 2 is 2.06 bits per heavy atom. The molecule has 1 heterocycles. The SMILES string of the molecule is CC(NC(c1cccs1)C1CCCC1)C1(C)CC1. The molecule has 0 spiro atoms. The predicted molar refractivity (Wildman–Crippen MR) is 79.0 cm³/mol. The van der Waals surface area contributed by atoms with Gasteiger partial charge >= 0.3 is 0 Å². The van der Waals surface area contributed by atoms with Gasteiger partial charge in [-0.15, -0.1) is 11.3 Å². The summed E-state index contributed by atoms with van der Waals surface area (Å²) in [6.07, 6.45) is 8.50. The van der Waals surface area contributed by atoms with E-state index in [1.807, 2.05) is 11.3 Å². The molecule has 2 saturated carbocycles. The Hall–Kier alpha value is -0.340. The molecule has 1 nitrogen and oxygen atoms in total. The Morgan fingerprint density at radius 1 is 1.33 bits per heavy atom. The average molecular weight is 263 g/mol. The van der Waals surface area contributed by atoms with Crippen molar-refractivity contribution in [3.8, 4) is 0 Å². The molecular weight excluding hydrogens is 238 g/mol. The third-order valence-corrected chi connectivity index (χ3v) is 6.19. The Balaban J connectivity index is 1.72. The first-order valence-corrected chi connectivity index (χ1v) is 8.36. The van der Waals surface area contributed by atoms with Gasteiger partial charge in [-0.1, -0.05) is 25.8 Å². The molecule has 1 N–H and O–H groups in total. The molecule has 0 radical (unpaired) electrons. The van der Waals surface area contributed by atoms with Crippen molar-refractivity contribution >= 4 is 11.3 Å². The van der Waals surface area contributed by atoms with Crippen LogP contribution < -0.4 is 5.32 Å². The minimum absolute atomic E-state index is 0.577. The highest BCUT2D eigenvalue weighted by Gasteiger charge is 2.43. The molecule has 2 heteroatoms. The third kappa shape index (κ3) is 2.50. The van der Waals surface area contributed by atoms with Crippen molar-refractivity contribution in [2.24, 2.45) is 11.3 Å². The van der Waals surface area contributed by atoms with E-state index in [2.05, 4.69) is 36.7 Å². The van der Waals surface area contributed by atoms with E-state index in [0.29, 0.717) is 17.5 Å². The lowest BCUT2D eigenvalue weighted by Crippen LogP contribution is -2.38. The van der Waals surface area contributed by atoms with Crippen LogP contribution in [0, 0.1) is 11.3 Å². The number of hydrogen-bond donors (Lipinski definition) is 1. The van der Waals surface area contributed by atoms with Gasteiger partial charge < -0.3 is 5.32 Å². The first kappa shape index (κ1) is 12.7. The molecule has 18 heavy (non-hydrogen) atoms. The molecule has 0 amide bonds. The molecule has 0 aromatic carbocycles. The monoisotopic (exact) mass is 263 g/mol. The van der Waals surface area contributed by atoms with E-state index in [1.54, 1.807) is 4.88 Å². The molecular formula is C16H25NS. The van der Waals surface area contributed by atoms with Gasteiger partial charge in [-0.25, -0.2) is 0 Å². The third-order valence-electron chi connectivity index (χ3n) is 5.23. The first-order valence-electron chi connectivity index (χ1n) is 7.48. The van der Waals surface area contributed by atoms with Crippen molar-refractivity contribution in [2.75, 3.05) is 0 Å². The predicted octanol–water partition coefficient (Wildman–Crippen LogP) is 4.76. The van der Waals surface area contributed by atoms with E-state index in [4.69, 9.17) is 0 Å². The fourth-order valence-corrected chi connectivity index (χ4v) is 4.19. The van der Waals surface area contributed by atoms with Crippen molar-refractivity contribution in [3.05, 3.63) is 22.4 Å². The van der Waals surface area contributed by atoms with Gasteiger partial charge in [0.1, 0.15) is 0 Å². The lowest BCUT2D eigenvalue weighted by molar-refractivity contribution is 0.284. The van der Waals surface area contributed by atoms with Crippen LogP contribution in [-0.2, 0) is 0 Å². The van der Waals surface area contributed by atoms with E-state index < -0.39 is 0 Å². The standard InChI is InChI=1S/C16H25NS/c1-12(16(2)9-10-16)17-15(13-6-3-4-7-13)14-8-5-11-18-14/h5,8,11-13,15,17H,3-4,6-7,9-10H2,1-2H3. The molecule has 2 fully saturated rings. The van der Waals surface area contributed by atoms with Crippen molar-refractivity contribution in [2.45, 2.75) is 64.5 Å². The summed E-state index contributed by atoms with van der Waals surface area (Å²) >= 11 is 1.93. The van der Waals surface area contributed by atoms with Crippen LogP contribution >= 0.6 is 11.3 Å². The van der Waals surface area contributed by atoms with E-state index in [9.17, 15) is 0 Å². The molecule has 100 valence electrons. The summed E-state index contributed by atoms with van der Waals surface area (Å²) in [7, 11) is 0. The Bertz CT molecular complexity index is 374. The van der Waals surface area contributed by atoms with Gasteiger partial charge in [0, 0.05) is 17.0 Å². The maximum atomic E-state index is 3.97. The largest absolute Gasteiger partial charge is 0.306 e. The zero-order valence-corrected chi connectivity index (χ0v) is 12.4. The smallest absolute Gasteiger partial charge is 0.0445 e. The quantitative estimate of drug-likeness (QED) is 0.808. The molecule has 1 aromatic heterocycles. The van der Waals surface area contributed by atoms with Crippen LogP contribution in [0.2, 0.25) is 0 Å². The second kappa shape index (κ2) is 4.97. The number of rotatable bonds is 5. The van der Waals surface area contributed by atoms with Crippen LogP contribution in [0.4, 0.5) is 0 Å².